The first-order chi connectivity index (χ1) is 5.33. The molecule has 0 aliphatic carbocycles. The van der Waals surface area contributed by atoms with Crippen molar-refractivity contribution in [3.63, 3.8) is 0 Å². The molecule has 2 N–H and O–H groups in total. The Hall–Kier alpha value is -0.380. The van der Waals surface area contributed by atoms with Gasteiger partial charge in [-0.25, -0.2) is 0 Å². The Balaban J connectivity index is -0.0000000965. The molecular weight excluding hydrogens is 144 g/mol. The van der Waals surface area contributed by atoms with Gasteiger partial charge in [-0.2, -0.15) is 0 Å². The van der Waals surface area contributed by atoms with Gasteiger partial charge >= 0.3 is 0 Å². The number of hydrogen-bond acceptors (Lipinski definition) is 3. The van der Waals surface area contributed by atoms with E-state index >= 15 is 0 Å². The smallest absolute Gasteiger partial charge is 0.0662 e. The maximum Gasteiger partial charge on any atom is 0.0662 e. The first kappa shape index (κ1) is 16.9. The first-order valence-electron chi connectivity index (χ1n) is 3.54. The van der Waals surface area contributed by atoms with Crippen molar-refractivity contribution in [1.82, 2.24) is 0 Å². The van der Waals surface area contributed by atoms with Crippen LogP contribution in [-0.2, 0) is 4.74 Å². The molecule has 0 bridgehead atoms. The highest BCUT2D eigenvalue weighted by Crippen LogP contribution is 1.70. The van der Waals surface area contributed by atoms with Gasteiger partial charge in [0.25, 0.3) is 0 Å². The minimum absolute atomic E-state index is 0.125. The highest BCUT2D eigenvalue weighted by molar-refractivity contribution is 4.22. The molecule has 0 heterocycles. The van der Waals surface area contributed by atoms with Crippen LogP contribution in [0.15, 0.2) is 13.2 Å². The van der Waals surface area contributed by atoms with E-state index in [9.17, 15) is 0 Å². The Morgan fingerprint density at radius 2 is 1.55 bits per heavy atom. The van der Waals surface area contributed by atoms with E-state index in [1.165, 1.54) is 0 Å². The van der Waals surface area contributed by atoms with Gasteiger partial charge in [-0.3, -0.25) is 0 Å². The molecule has 0 aromatic rings. The molecule has 0 rings (SSSR count). The molecule has 0 aliphatic rings. The highest BCUT2D eigenvalue weighted by Gasteiger charge is 1.66. The summed E-state index contributed by atoms with van der Waals surface area (Å²) in [4.78, 5) is 0. The fourth-order valence-corrected chi connectivity index (χ4v) is 0.204. The third-order valence-corrected chi connectivity index (χ3v) is 0.508. The summed E-state index contributed by atoms with van der Waals surface area (Å²) < 4.78 is 4.69. The molecule has 0 radical (unpaired) electrons. The van der Waals surface area contributed by atoms with Crippen molar-refractivity contribution in [2.45, 2.75) is 13.3 Å². The lowest BCUT2D eigenvalue weighted by Crippen LogP contribution is -1.85. The summed E-state index contributed by atoms with van der Waals surface area (Å²) in [6, 6.07) is 0. The van der Waals surface area contributed by atoms with Gasteiger partial charge in [0.2, 0.25) is 0 Å². The van der Waals surface area contributed by atoms with E-state index in [0.717, 1.165) is 13.0 Å². The van der Waals surface area contributed by atoms with E-state index in [1.54, 1.807) is 7.11 Å². The number of rotatable bonds is 3. The molecule has 3 heteroatoms. The molecule has 0 amide bonds. The van der Waals surface area contributed by atoms with Crippen LogP contribution in [0.1, 0.15) is 13.3 Å². The number of hydrogen-bond donors (Lipinski definition) is 2. The average Bonchev–Trinajstić information content (AvgIpc) is 2.10. The standard InChI is InChI=1S/C4H10O.C2H6O2.C2H4/c1-3-4-5-2;3-1-2-4;1-2/h3-4H2,1-2H3;3-4H,1-2H2;1-2H2. The lowest BCUT2D eigenvalue weighted by molar-refractivity contribution is 0.186. The molecule has 0 aromatic carbocycles. The Labute approximate surface area is 69.3 Å². The van der Waals surface area contributed by atoms with Crippen molar-refractivity contribution in [3.8, 4) is 0 Å². The Bertz CT molecular complexity index is 36.3. The zero-order chi connectivity index (χ0) is 9.54. The summed E-state index contributed by atoms with van der Waals surface area (Å²) >= 11 is 0. The van der Waals surface area contributed by atoms with Crippen LogP contribution in [-0.4, -0.2) is 37.1 Å². The number of methoxy groups -OCH3 is 1. The largest absolute Gasteiger partial charge is 0.394 e. The van der Waals surface area contributed by atoms with Crippen molar-refractivity contribution < 1.29 is 14.9 Å². The molecule has 0 unspecified atom stereocenters. The molecule has 0 saturated carbocycles. The monoisotopic (exact) mass is 164 g/mol. The van der Waals surface area contributed by atoms with E-state index in [2.05, 4.69) is 20.1 Å². The van der Waals surface area contributed by atoms with Gasteiger partial charge in [-0.05, 0) is 6.42 Å². The van der Waals surface area contributed by atoms with E-state index in [-0.39, 0.29) is 13.2 Å². The molecule has 0 saturated heterocycles. The third-order valence-electron chi connectivity index (χ3n) is 0.508. The lowest BCUT2D eigenvalue weighted by atomic mass is 10.5. The average molecular weight is 164 g/mol. The fraction of sp³-hybridized carbons (Fsp3) is 0.750. The molecule has 0 fully saturated rings. The lowest BCUT2D eigenvalue weighted by Gasteiger charge is -1.84. The molecule has 3 nitrogen and oxygen atoms in total. The molecule has 0 aromatic heterocycles. The fourth-order valence-electron chi connectivity index (χ4n) is 0.204. The van der Waals surface area contributed by atoms with Crippen molar-refractivity contribution in [3.05, 3.63) is 13.2 Å². The van der Waals surface area contributed by atoms with Crippen LogP contribution in [0.5, 0.6) is 0 Å². The Morgan fingerprint density at radius 1 is 1.18 bits per heavy atom. The predicted molar refractivity (Wildman–Crippen MR) is 47.6 cm³/mol. The summed E-state index contributed by atoms with van der Waals surface area (Å²) in [5.74, 6) is 0. The summed E-state index contributed by atoms with van der Waals surface area (Å²) in [5.41, 5.74) is 0. The summed E-state index contributed by atoms with van der Waals surface area (Å²) in [7, 11) is 1.71. The van der Waals surface area contributed by atoms with Crippen molar-refractivity contribution in [2.24, 2.45) is 0 Å². The highest BCUT2D eigenvalue weighted by atomic mass is 16.5. The molecule has 70 valence electrons. The normalized spacial score (nSPS) is 6.91. The second-order valence-electron chi connectivity index (χ2n) is 1.44. The van der Waals surface area contributed by atoms with Crippen LogP contribution in [0.25, 0.3) is 0 Å². The third kappa shape index (κ3) is 81.4. The minimum Gasteiger partial charge on any atom is -0.394 e. The van der Waals surface area contributed by atoms with Gasteiger partial charge < -0.3 is 14.9 Å². The van der Waals surface area contributed by atoms with Crippen molar-refractivity contribution in [1.29, 1.82) is 0 Å². The van der Waals surface area contributed by atoms with E-state index < -0.39 is 0 Å². The first-order valence-corrected chi connectivity index (χ1v) is 3.54. The number of ether oxygens (including phenoxy) is 1. The SMILES string of the molecule is C=C.CCCOC.OCCO. The number of aliphatic hydroxyl groups is 2. The van der Waals surface area contributed by atoms with Crippen LogP contribution in [0, 0.1) is 0 Å². The second-order valence-corrected chi connectivity index (χ2v) is 1.44. The molecule has 11 heavy (non-hydrogen) atoms. The van der Waals surface area contributed by atoms with Crippen LogP contribution < -0.4 is 0 Å². The summed E-state index contributed by atoms with van der Waals surface area (Å²) in [6.45, 7) is 8.73. The molecule has 0 aliphatic heterocycles. The van der Waals surface area contributed by atoms with E-state index in [0.29, 0.717) is 0 Å². The topological polar surface area (TPSA) is 49.7 Å². The quantitative estimate of drug-likeness (QED) is 0.607. The number of aliphatic hydroxyl groups excluding tert-OH is 2. The van der Waals surface area contributed by atoms with Crippen LogP contribution in [0.4, 0.5) is 0 Å². The van der Waals surface area contributed by atoms with E-state index in [1.807, 2.05) is 0 Å². The Kier molecular flexibility index (Phi) is 51.5. The van der Waals surface area contributed by atoms with Crippen molar-refractivity contribution in [2.75, 3.05) is 26.9 Å². The van der Waals surface area contributed by atoms with Crippen molar-refractivity contribution >= 4 is 0 Å². The van der Waals surface area contributed by atoms with Gasteiger partial charge in [-0.1, -0.05) is 6.92 Å². The molecule has 0 spiro atoms. The molecule has 0 atom stereocenters. The summed E-state index contributed by atoms with van der Waals surface area (Å²) in [6.07, 6.45) is 1.12. The van der Waals surface area contributed by atoms with Gasteiger partial charge in [0.15, 0.2) is 0 Å². The Morgan fingerprint density at radius 3 is 1.55 bits per heavy atom. The van der Waals surface area contributed by atoms with E-state index in [4.69, 9.17) is 14.9 Å². The zero-order valence-electron chi connectivity index (χ0n) is 7.55. The summed E-state index contributed by atoms with van der Waals surface area (Å²) in [5, 5.41) is 15.2. The zero-order valence-corrected chi connectivity index (χ0v) is 7.55. The van der Waals surface area contributed by atoms with Gasteiger partial charge in [-0.15, -0.1) is 13.2 Å². The van der Waals surface area contributed by atoms with Crippen LogP contribution in [0.2, 0.25) is 0 Å². The minimum atomic E-state index is -0.125. The van der Waals surface area contributed by atoms with Crippen LogP contribution in [0.3, 0.4) is 0 Å². The van der Waals surface area contributed by atoms with Gasteiger partial charge in [0, 0.05) is 13.7 Å². The van der Waals surface area contributed by atoms with Gasteiger partial charge in [0.1, 0.15) is 0 Å². The maximum absolute atomic E-state index is 7.62. The second kappa shape index (κ2) is 33.5. The van der Waals surface area contributed by atoms with Gasteiger partial charge in [0.05, 0.1) is 13.2 Å². The van der Waals surface area contributed by atoms with Crippen LogP contribution >= 0.6 is 0 Å². The predicted octanol–water partition coefficient (Wildman–Crippen LogP) is 0.816. The maximum atomic E-state index is 7.62. The molecular formula is C8H20O3.